The number of amides is 2. The van der Waals surface area contributed by atoms with Gasteiger partial charge in [0.2, 0.25) is 11.8 Å². The molecule has 136 valence electrons. The Labute approximate surface area is 152 Å². The summed E-state index contributed by atoms with van der Waals surface area (Å²) in [6, 6.07) is 7.50. The number of hydrogen-bond acceptors (Lipinski definition) is 4. The van der Waals surface area contributed by atoms with Crippen molar-refractivity contribution in [2.24, 2.45) is 5.92 Å². The highest BCUT2D eigenvalue weighted by Gasteiger charge is 2.36. The van der Waals surface area contributed by atoms with Crippen molar-refractivity contribution in [1.82, 2.24) is 4.90 Å². The normalized spacial score (nSPS) is 16.0. The molecule has 1 aromatic rings. The predicted octanol–water partition coefficient (Wildman–Crippen LogP) is 2.84. The van der Waals surface area contributed by atoms with Crippen LogP contribution >= 0.6 is 11.8 Å². The van der Waals surface area contributed by atoms with Crippen molar-refractivity contribution in [3.8, 4) is 0 Å². The maximum atomic E-state index is 12.8. The van der Waals surface area contributed by atoms with E-state index in [1.807, 2.05) is 19.1 Å². The number of carbonyl (C=O) groups is 3. The SMILES string of the molecule is CC(=O)Nc1ccc(SC(C)C(=O)N(CC(C)C(=O)O)C2CC2)cc1. The number of rotatable bonds is 8. The van der Waals surface area contributed by atoms with Gasteiger partial charge in [-0.05, 0) is 44.0 Å². The number of benzene rings is 1. The van der Waals surface area contributed by atoms with E-state index in [0.717, 1.165) is 17.7 Å². The van der Waals surface area contributed by atoms with Crippen molar-refractivity contribution < 1.29 is 19.5 Å². The molecule has 25 heavy (non-hydrogen) atoms. The van der Waals surface area contributed by atoms with Crippen LogP contribution in [0.5, 0.6) is 0 Å². The average Bonchev–Trinajstić information content (AvgIpc) is 3.37. The van der Waals surface area contributed by atoms with Gasteiger partial charge in [0, 0.05) is 30.1 Å². The molecule has 1 saturated carbocycles. The molecule has 2 amide bonds. The molecule has 7 heteroatoms. The fraction of sp³-hybridized carbons (Fsp3) is 0.500. The minimum Gasteiger partial charge on any atom is -0.481 e. The number of carboxylic acid groups (broad SMARTS) is 1. The maximum absolute atomic E-state index is 12.8. The highest BCUT2D eigenvalue weighted by molar-refractivity contribution is 8.00. The van der Waals surface area contributed by atoms with E-state index in [9.17, 15) is 14.4 Å². The molecule has 1 aromatic carbocycles. The number of nitrogens with one attached hydrogen (secondary N) is 1. The number of hydrogen-bond donors (Lipinski definition) is 2. The zero-order chi connectivity index (χ0) is 18.6. The lowest BCUT2D eigenvalue weighted by Crippen LogP contribution is -2.42. The molecule has 2 atom stereocenters. The Balaban J connectivity index is 1.97. The van der Waals surface area contributed by atoms with E-state index < -0.39 is 11.9 Å². The van der Waals surface area contributed by atoms with E-state index in [0.29, 0.717) is 5.69 Å². The summed E-state index contributed by atoms with van der Waals surface area (Å²) in [6.07, 6.45) is 1.89. The van der Waals surface area contributed by atoms with Gasteiger partial charge in [0.05, 0.1) is 11.2 Å². The molecule has 1 fully saturated rings. The molecule has 0 aliphatic heterocycles. The average molecular weight is 364 g/mol. The molecular weight excluding hydrogens is 340 g/mol. The summed E-state index contributed by atoms with van der Waals surface area (Å²) in [4.78, 5) is 37.5. The highest BCUT2D eigenvalue weighted by atomic mass is 32.2. The Bertz CT molecular complexity index is 643. The third-order valence-electron chi connectivity index (χ3n) is 4.00. The molecule has 0 spiro atoms. The van der Waals surface area contributed by atoms with Gasteiger partial charge in [-0.1, -0.05) is 6.92 Å². The molecule has 0 heterocycles. The molecule has 0 bridgehead atoms. The second kappa shape index (κ2) is 8.38. The van der Waals surface area contributed by atoms with Crippen LogP contribution in [0.15, 0.2) is 29.2 Å². The number of aliphatic carboxylic acids is 1. The minimum atomic E-state index is -0.882. The van der Waals surface area contributed by atoms with Crippen LogP contribution in [-0.2, 0) is 14.4 Å². The summed E-state index contributed by atoms with van der Waals surface area (Å²) in [6.45, 7) is 5.18. The lowest BCUT2D eigenvalue weighted by atomic mass is 10.1. The van der Waals surface area contributed by atoms with E-state index >= 15 is 0 Å². The quantitative estimate of drug-likeness (QED) is 0.693. The van der Waals surface area contributed by atoms with Crippen LogP contribution < -0.4 is 5.32 Å². The summed E-state index contributed by atoms with van der Waals surface area (Å²) in [5.74, 6) is -1.60. The molecular formula is C18H24N2O4S. The molecule has 1 aliphatic carbocycles. The van der Waals surface area contributed by atoms with Crippen molar-refractivity contribution in [1.29, 1.82) is 0 Å². The first-order valence-electron chi connectivity index (χ1n) is 8.35. The second-order valence-electron chi connectivity index (χ2n) is 6.43. The Morgan fingerprint density at radius 2 is 1.84 bits per heavy atom. The predicted molar refractivity (Wildman–Crippen MR) is 97.6 cm³/mol. The third-order valence-corrected chi connectivity index (χ3v) is 5.10. The highest BCUT2D eigenvalue weighted by Crippen LogP contribution is 2.32. The first kappa shape index (κ1) is 19.3. The van der Waals surface area contributed by atoms with Gasteiger partial charge < -0.3 is 15.3 Å². The van der Waals surface area contributed by atoms with Crippen molar-refractivity contribution in [3.05, 3.63) is 24.3 Å². The largest absolute Gasteiger partial charge is 0.481 e. The van der Waals surface area contributed by atoms with E-state index in [-0.39, 0.29) is 29.7 Å². The first-order valence-corrected chi connectivity index (χ1v) is 9.23. The minimum absolute atomic E-state index is 0.0217. The fourth-order valence-corrected chi connectivity index (χ4v) is 3.42. The van der Waals surface area contributed by atoms with E-state index in [1.54, 1.807) is 24.0 Å². The molecule has 6 nitrogen and oxygen atoms in total. The first-order chi connectivity index (χ1) is 11.8. The Hall–Kier alpha value is -2.02. The Kier molecular flexibility index (Phi) is 6.47. The fourth-order valence-electron chi connectivity index (χ4n) is 2.49. The van der Waals surface area contributed by atoms with Gasteiger partial charge in [-0.3, -0.25) is 14.4 Å². The number of nitrogens with zero attached hydrogens (tertiary/aromatic N) is 1. The van der Waals surface area contributed by atoms with Crippen molar-refractivity contribution >= 4 is 35.2 Å². The molecule has 0 aromatic heterocycles. The van der Waals surface area contributed by atoms with Crippen molar-refractivity contribution in [2.45, 2.75) is 49.8 Å². The molecule has 2 rings (SSSR count). The molecule has 1 aliphatic rings. The van der Waals surface area contributed by atoms with Crippen molar-refractivity contribution in [3.63, 3.8) is 0 Å². The van der Waals surface area contributed by atoms with Gasteiger partial charge in [0.25, 0.3) is 0 Å². The number of carboxylic acids is 1. The van der Waals surface area contributed by atoms with E-state index in [4.69, 9.17) is 5.11 Å². The zero-order valence-corrected chi connectivity index (χ0v) is 15.5. The summed E-state index contributed by atoms with van der Waals surface area (Å²) in [5.41, 5.74) is 0.714. The van der Waals surface area contributed by atoms with Gasteiger partial charge in [0.15, 0.2) is 0 Å². The number of thioether (sulfide) groups is 1. The second-order valence-corrected chi connectivity index (χ2v) is 7.84. The van der Waals surface area contributed by atoms with E-state index in [2.05, 4.69) is 5.32 Å². The molecule has 2 unspecified atom stereocenters. The lowest BCUT2D eigenvalue weighted by molar-refractivity contribution is -0.143. The van der Waals surface area contributed by atoms with Gasteiger partial charge in [-0.2, -0.15) is 0 Å². The van der Waals surface area contributed by atoms with Gasteiger partial charge in [0.1, 0.15) is 0 Å². The molecule has 2 N–H and O–H groups in total. The standard InChI is InChI=1S/C18H24N2O4S/c1-11(18(23)24)10-20(15-6-7-15)17(22)12(2)25-16-8-4-14(5-9-16)19-13(3)21/h4-5,8-9,11-12,15H,6-7,10H2,1-3H3,(H,19,21)(H,23,24). The summed E-state index contributed by atoms with van der Waals surface area (Å²) in [7, 11) is 0. The monoisotopic (exact) mass is 364 g/mol. The summed E-state index contributed by atoms with van der Waals surface area (Å²) < 4.78 is 0. The van der Waals surface area contributed by atoms with Crippen LogP contribution in [0.4, 0.5) is 5.69 Å². The van der Waals surface area contributed by atoms with Crippen LogP contribution in [-0.4, -0.2) is 45.6 Å². The maximum Gasteiger partial charge on any atom is 0.308 e. The third kappa shape index (κ3) is 5.77. The lowest BCUT2D eigenvalue weighted by Gasteiger charge is -2.27. The van der Waals surface area contributed by atoms with Crippen LogP contribution in [0.25, 0.3) is 0 Å². The van der Waals surface area contributed by atoms with Crippen LogP contribution in [0.2, 0.25) is 0 Å². The Morgan fingerprint density at radius 3 is 2.32 bits per heavy atom. The molecule has 0 radical (unpaired) electrons. The van der Waals surface area contributed by atoms with Gasteiger partial charge >= 0.3 is 5.97 Å². The number of anilines is 1. The van der Waals surface area contributed by atoms with Crippen LogP contribution in [0.3, 0.4) is 0 Å². The van der Waals surface area contributed by atoms with Crippen LogP contribution in [0.1, 0.15) is 33.6 Å². The molecule has 0 saturated heterocycles. The Morgan fingerprint density at radius 1 is 1.24 bits per heavy atom. The smallest absolute Gasteiger partial charge is 0.308 e. The van der Waals surface area contributed by atoms with Gasteiger partial charge in [-0.15, -0.1) is 11.8 Å². The van der Waals surface area contributed by atoms with Crippen molar-refractivity contribution in [2.75, 3.05) is 11.9 Å². The summed E-state index contributed by atoms with van der Waals surface area (Å²) >= 11 is 1.44. The number of carbonyl (C=O) groups excluding carboxylic acids is 2. The van der Waals surface area contributed by atoms with Crippen LogP contribution in [0, 0.1) is 5.92 Å². The summed E-state index contributed by atoms with van der Waals surface area (Å²) in [5, 5.41) is 11.5. The zero-order valence-electron chi connectivity index (χ0n) is 14.7. The van der Waals surface area contributed by atoms with Gasteiger partial charge in [-0.25, -0.2) is 0 Å². The van der Waals surface area contributed by atoms with E-state index in [1.165, 1.54) is 18.7 Å². The topological polar surface area (TPSA) is 86.7 Å².